The zero-order chi connectivity index (χ0) is 20.8. The molecule has 1 aromatic heterocycles. The lowest BCUT2D eigenvalue weighted by Crippen LogP contribution is -2.37. The number of fused-ring (bicyclic) bond motifs is 1. The lowest BCUT2D eigenvalue weighted by Gasteiger charge is -2.23. The molecule has 1 aromatic carbocycles. The number of hydrogen-bond acceptors (Lipinski definition) is 3. The first kappa shape index (κ1) is 19.4. The molecule has 1 saturated heterocycles. The summed E-state index contributed by atoms with van der Waals surface area (Å²) in [5.74, 6) is -0.600. The summed E-state index contributed by atoms with van der Waals surface area (Å²) in [7, 11) is 0. The fourth-order valence-corrected chi connectivity index (χ4v) is 4.01. The van der Waals surface area contributed by atoms with E-state index in [1.54, 1.807) is 4.90 Å². The zero-order valence-electron chi connectivity index (χ0n) is 15.6. The van der Waals surface area contributed by atoms with Crippen molar-refractivity contribution in [2.75, 3.05) is 13.1 Å². The number of halogens is 3. The molecule has 2 heterocycles. The van der Waals surface area contributed by atoms with Crippen LogP contribution in [-0.4, -0.2) is 34.2 Å². The smallest absolute Gasteiger partial charge is 0.338 e. The maximum absolute atomic E-state index is 13.2. The minimum absolute atomic E-state index is 0.110. The highest BCUT2D eigenvalue weighted by Crippen LogP contribution is 2.30. The van der Waals surface area contributed by atoms with E-state index in [0.29, 0.717) is 43.6 Å². The molecule has 0 bridgehead atoms. The Kier molecular flexibility index (Phi) is 4.80. The largest absolute Gasteiger partial charge is 0.416 e. The number of hydrogen-bond donors (Lipinski definition) is 0. The van der Waals surface area contributed by atoms with Crippen LogP contribution in [0.4, 0.5) is 13.2 Å². The third kappa shape index (κ3) is 3.47. The first-order valence-electron chi connectivity index (χ1n) is 9.56. The van der Waals surface area contributed by atoms with Crippen molar-refractivity contribution in [2.45, 2.75) is 38.3 Å². The van der Waals surface area contributed by atoms with Gasteiger partial charge in [-0.15, -0.1) is 0 Å². The number of rotatable bonds is 2. The SMILES string of the molecule is O=C1CCCc2c1cc(C(=O)N1CCCC1)c(=O)n2-c1ccc(C(F)(F)F)cc1. The molecule has 0 N–H and O–H groups in total. The summed E-state index contributed by atoms with van der Waals surface area (Å²) in [4.78, 5) is 40.1. The van der Waals surface area contributed by atoms with E-state index in [0.717, 1.165) is 25.0 Å². The molecule has 1 amide bonds. The number of carbonyl (C=O) groups excluding carboxylic acids is 2. The van der Waals surface area contributed by atoms with Gasteiger partial charge >= 0.3 is 6.18 Å². The summed E-state index contributed by atoms with van der Waals surface area (Å²) in [6.07, 6.45) is -1.49. The number of pyridine rings is 1. The minimum atomic E-state index is -4.49. The third-order valence-corrected chi connectivity index (χ3v) is 5.50. The maximum Gasteiger partial charge on any atom is 0.416 e. The van der Waals surface area contributed by atoms with Crippen molar-refractivity contribution in [1.82, 2.24) is 9.47 Å². The Morgan fingerprint density at radius 2 is 1.59 bits per heavy atom. The molecular weight excluding hydrogens is 385 g/mol. The quantitative estimate of drug-likeness (QED) is 0.768. The molecular formula is C21H19F3N2O3. The second-order valence-electron chi connectivity index (χ2n) is 7.38. The molecule has 5 nitrogen and oxygen atoms in total. The highest BCUT2D eigenvalue weighted by atomic mass is 19.4. The molecule has 8 heteroatoms. The standard InChI is InChI=1S/C21H19F3N2O3/c22-21(23,24)13-6-8-14(9-7-13)26-17-4-3-5-18(27)15(17)12-16(20(26)29)19(28)25-10-1-2-11-25/h6-9,12H,1-5,10-11H2. The second kappa shape index (κ2) is 7.17. The van der Waals surface area contributed by atoms with E-state index in [4.69, 9.17) is 0 Å². The molecule has 0 radical (unpaired) electrons. The second-order valence-corrected chi connectivity index (χ2v) is 7.38. The molecule has 0 spiro atoms. The summed E-state index contributed by atoms with van der Waals surface area (Å²) in [5, 5.41) is 0. The first-order valence-corrected chi connectivity index (χ1v) is 9.56. The van der Waals surface area contributed by atoms with Crippen LogP contribution in [0.25, 0.3) is 5.69 Å². The lowest BCUT2D eigenvalue weighted by molar-refractivity contribution is -0.137. The summed E-state index contributed by atoms with van der Waals surface area (Å²) >= 11 is 0. The van der Waals surface area contributed by atoms with Gasteiger partial charge in [0.1, 0.15) is 5.56 Å². The van der Waals surface area contributed by atoms with Gasteiger partial charge in [0.05, 0.1) is 5.56 Å². The number of amides is 1. The number of likely N-dealkylation sites (tertiary alicyclic amines) is 1. The number of alkyl halides is 3. The molecule has 2 aliphatic rings. The Morgan fingerprint density at radius 3 is 2.21 bits per heavy atom. The fourth-order valence-electron chi connectivity index (χ4n) is 4.01. The number of ketones is 1. The molecule has 0 saturated carbocycles. The highest BCUT2D eigenvalue weighted by molar-refractivity contribution is 6.02. The summed E-state index contributed by atoms with van der Waals surface area (Å²) in [5.41, 5.74) is -0.577. The minimum Gasteiger partial charge on any atom is -0.338 e. The maximum atomic E-state index is 13.2. The van der Waals surface area contributed by atoms with Crippen LogP contribution in [-0.2, 0) is 12.6 Å². The third-order valence-electron chi connectivity index (χ3n) is 5.50. The summed E-state index contributed by atoms with van der Waals surface area (Å²) in [6, 6.07) is 5.57. The highest BCUT2D eigenvalue weighted by Gasteiger charge is 2.31. The van der Waals surface area contributed by atoms with E-state index in [-0.39, 0.29) is 17.0 Å². The molecule has 4 rings (SSSR count). The predicted molar refractivity (Wildman–Crippen MR) is 99.4 cm³/mol. The topological polar surface area (TPSA) is 59.4 Å². The number of aromatic nitrogens is 1. The van der Waals surface area contributed by atoms with Crippen LogP contribution in [0.2, 0.25) is 0 Å². The van der Waals surface area contributed by atoms with Crippen LogP contribution in [0.15, 0.2) is 35.1 Å². The van der Waals surface area contributed by atoms with Gasteiger partial charge in [-0.1, -0.05) is 0 Å². The molecule has 2 aromatic rings. The Morgan fingerprint density at radius 1 is 0.931 bits per heavy atom. The normalized spacial score (nSPS) is 16.8. The van der Waals surface area contributed by atoms with Gasteiger partial charge in [0.25, 0.3) is 11.5 Å². The molecule has 1 aliphatic carbocycles. The van der Waals surface area contributed by atoms with E-state index in [1.807, 2.05) is 0 Å². The van der Waals surface area contributed by atoms with E-state index in [9.17, 15) is 27.6 Å². The van der Waals surface area contributed by atoms with Gasteiger partial charge in [0, 0.05) is 36.5 Å². The van der Waals surface area contributed by atoms with Crippen molar-refractivity contribution < 1.29 is 22.8 Å². The van der Waals surface area contributed by atoms with Crippen molar-refractivity contribution >= 4 is 11.7 Å². The molecule has 0 atom stereocenters. The van der Waals surface area contributed by atoms with Crippen LogP contribution < -0.4 is 5.56 Å². The van der Waals surface area contributed by atoms with Gasteiger partial charge < -0.3 is 4.90 Å². The average molecular weight is 404 g/mol. The Labute approximate surface area is 164 Å². The van der Waals surface area contributed by atoms with Gasteiger partial charge in [0.15, 0.2) is 5.78 Å². The van der Waals surface area contributed by atoms with Gasteiger partial charge in [-0.2, -0.15) is 13.2 Å². The molecule has 29 heavy (non-hydrogen) atoms. The van der Waals surface area contributed by atoms with Crippen LogP contribution in [0.1, 0.15) is 57.7 Å². The Bertz CT molecular complexity index is 1030. The zero-order valence-corrected chi connectivity index (χ0v) is 15.6. The van der Waals surface area contributed by atoms with E-state index in [1.165, 1.54) is 22.8 Å². The Balaban J connectivity index is 1.89. The van der Waals surface area contributed by atoms with Gasteiger partial charge in [0.2, 0.25) is 0 Å². The molecule has 152 valence electrons. The summed E-state index contributed by atoms with van der Waals surface area (Å²) < 4.78 is 39.9. The molecule has 1 aliphatic heterocycles. The average Bonchev–Trinajstić information content (AvgIpc) is 3.22. The number of benzene rings is 1. The van der Waals surface area contributed by atoms with Crippen molar-refractivity contribution in [1.29, 1.82) is 0 Å². The predicted octanol–water partition coefficient (Wildman–Crippen LogP) is 3.61. The monoisotopic (exact) mass is 404 g/mol. The van der Waals surface area contributed by atoms with Crippen LogP contribution in [0.5, 0.6) is 0 Å². The molecule has 1 fully saturated rings. The van der Waals surface area contributed by atoms with E-state index in [2.05, 4.69) is 0 Å². The van der Waals surface area contributed by atoms with E-state index >= 15 is 0 Å². The first-order chi connectivity index (χ1) is 13.8. The van der Waals surface area contributed by atoms with Crippen molar-refractivity contribution in [3.8, 4) is 5.69 Å². The van der Waals surface area contributed by atoms with Crippen LogP contribution >= 0.6 is 0 Å². The number of carbonyl (C=O) groups is 2. The van der Waals surface area contributed by atoms with Crippen molar-refractivity contribution in [3.05, 3.63) is 63.1 Å². The van der Waals surface area contributed by atoms with Gasteiger partial charge in [-0.3, -0.25) is 19.0 Å². The fraction of sp³-hybridized carbons (Fsp3) is 0.381. The van der Waals surface area contributed by atoms with Gasteiger partial charge in [-0.25, -0.2) is 0 Å². The lowest BCUT2D eigenvalue weighted by atomic mass is 9.92. The van der Waals surface area contributed by atoms with Crippen LogP contribution in [0, 0.1) is 0 Å². The van der Waals surface area contributed by atoms with Crippen molar-refractivity contribution in [3.63, 3.8) is 0 Å². The number of nitrogens with zero attached hydrogens (tertiary/aromatic N) is 2. The molecule has 0 unspecified atom stereocenters. The van der Waals surface area contributed by atoms with Gasteiger partial charge in [-0.05, 0) is 56.0 Å². The van der Waals surface area contributed by atoms with Crippen LogP contribution in [0.3, 0.4) is 0 Å². The van der Waals surface area contributed by atoms with E-state index < -0.39 is 23.2 Å². The number of Topliss-reactive ketones (excluding diaryl/α,β-unsaturated/α-hetero) is 1. The van der Waals surface area contributed by atoms with Crippen molar-refractivity contribution in [2.24, 2.45) is 0 Å². The summed E-state index contributed by atoms with van der Waals surface area (Å²) in [6.45, 7) is 1.09. The Hall–Kier alpha value is -2.90.